The van der Waals surface area contributed by atoms with Crippen molar-refractivity contribution in [1.82, 2.24) is 0 Å². The van der Waals surface area contributed by atoms with E-state index in [1.165, 1.54) is 29.8 Å². The van der Waals surface area contributed by atoms with Gasteiger partial charge in [0, 0.05) is 16.3 Å². The molecule has 0 aliphatic carbocycles. The van der Waals surface area contributed by atoms with Crippen molar-refractivity contribution in [2.75, 3.05) is 24.8 Å². The van der Waals surface area contributed by atoms with Gasteiger partial charge in [-0.3, -0.25) is 9.59 Å². The van der Waals surface area contributed by atoms with E-state index in [9.17, 15) is 14.4 Å². The molecule has 138 valence electrons. The number of aryl methyl sites for hydroxylation is 1. The maximum Gasteiger partial charge on any atom is 0.337 e. The lowest BCUT2D eigenvalue weighted by Crippen LogP contribution is -2.22. The number of hydrogen-bond donors (Lipinski definition) is 1. The molecule has 0 atom stereocenters. The highest BCUT2D eigenvalue weighted by atomic mass is 32.2. The third-order valence-corrected chi connectivity index (χ3v) is 5.36. The van der Waals surface area contributed by atoms with Crippen LogP contribution in [0.25, 0.3) is 0 Å². The second kappa shape index (κ2) is 9.98. The molecule has 0 aliphatic heterocycles. The molecule has 0 fully saturated rings. The van der Waals surface area contributed by atoms with Gasteiger partial charge in [0.1, 0.15) is 0 Å². The Bertz CT molecular complexity index is 774. The van der Waals surface area contributed by atoms with Crippen LogP contribution in [0.15, 0.2) is 35.7 Å². The number of esters is 2. The summed E-state index contributed by atoms with van der Waals surface area (Å²) in [6.07, 6.45) is 0. The Morgan fingerprint density at radius 1 is 1.23 bits per heavy atom. The number of rotatable bonds is 8. The molecule has 1 aromatic heterocycles. The summed E-state index contributed by atoms with van der Waals surface area (Å²) >= 11 is 3.07. The number of ether oxygens (including phenoxy) is 2. The monoisotopic (exact) mass is 393 g/mol. The number of benzene rings is 1. The van der Waals surface area contributed by atoms with Crippen LogP contribution in [0, 0.1) is 6.92 Å². The molecule has 0 unspecified atom stereocenters. The van der Waals surface area contributed by atoms with E-state index >= 15 is 0 Å². The fraction of sp³-hybridized carbons (Fsp3) is 0.278. The van der Waals surface area contributed by atoms with E-state index in [0.717, 1.165) is 11.3 Å². The van der Waals surface area contributed by atoms with Crippen molar-refractivity contribution in [2.45, 2.75) is 12.7 Å². The first-order valence-corrected chi connectivity index (χ1v) is 9.77. The third kappa shape index (κ3) is 6.20. The maximum atomic E-state index is 12.0. The van der Waals surface area contributed by atoms with E-state index in [1.54, 1.807) is 30.4 Å². The molecule has 2 rings (SSSR count). The van der Waals surface area contributed by atoms with E-state index in [2.05, 4.69) is 10.1 Å². The lowest BCUT2D eigenvalue weighted by molar-refractivity contribution is -0.144. The molecule has 0 bridgehead atoms. The van der Waals surface area contributed by atoms with Gasteiger partial charge in [-0.2, -0.15) is 0 Å². The lowest BCUT2D eigenvalue weighted by atomic mass is 10.1. The first kappa shape index (κ1) is 20.0. The molecule has 1 heterocycles. The molecule has 0 radical (unpaired) electrons. The van der Waals surface area contributed by atoms with Gasteiger partial charge < -0.3 is 14.8 Å². The van der Waals surface area contributed by atoms with E-state index in [1.807, 2.05) is 17.5 Å². The Kier molecular flexibility index (Phi) is 7.68. The van der Waals surface area contributed by atoms with Crippen molar-refractivity contribution >= 4 is 46.6 Å². The molecular formula is C18H19NO5S2. The molecule has 0 saturated heterocycles. The van der Waals surface area contributed by atoms with Crippen LogP contribution in [0.3, 0.4) is 0 Å². The van der Waals surface area contributed by atoms with E-state index in [4.69, 9.17) is 4.74 Å². The Balaban J connectivity index is 1.77. The summed E-state index contributed by atoms with van der Waals surface area (Å²) in [6.45, 7) is 1.42. The molecule has 1 N–H and O–H groups in total. The van der Waals surface area contributed by atoms with Gasteiger partial charge in [0.25, 0.3) is 5.91 Å². The van der Waals surface area contributed by atoms with Gasteiger partial charge in [-0.1, -0.05) is 12.1 Å². The van der Waals surface area contributed by atoms with Crippen molar-refractivity contribution in [2.24, 2.45) is 0 Å². The summed E-state index contributed by atoms with van der Waals surface area (Å²) in [6, 6.07) is 8.80. The van der Waals surface area contributed by atoms with Crippen LogP contribution >= 0.6 is 23.1 Å². The average molecular weight is 393 g/mol. The van der Waals surface area contributed by atoms with Crippen molar-refractivity contribution < 1.29 is 23.9 Å². The quantitative estimate of drug-likeness (QED) is 0.694. The minimum absolute atomic E-state index is 0.183. The normalized spacial score (nSPS) is 10.2. The van der Waals surface area contributed by atoms with Crippen LogP contribution in [0.5, 0.6) is 0 Å². The Labute approximate surface area is 159 Å². The SMILES string of the molecule is COC(=O)c1ccc(C)c(NC(=O)COC(=O)CSCc2cccs2)c1. The number of carbonyl (C=O) groups is 3. The molecule has 0 saturated carbocycles. The maximum absolute atomic E-state index is 12.0. The topological polar surface area (TPSA) is 81.7 Å². The predicted molar refractivity (Wildman–Crippen MR) is 103 cm³/mol. The second-order valence-electron chi connectivity index (χ2n) is 5.30. The van der Waals surface area contributed by atoms with Crippen molar-refractivity contribution in [1.29, 1.82) is 0 Å². The molecular weight excluding hydrogens is 374 g/mol. The largest absolute Gasteiger partial charge is 0.465 e. The standard InChI is InChI=1S/C18H19NO5S2/c1-12-5-6-13(18(22)23-2)8-15(12)19-16(20)9-24-17(21)11-25-10-14-4-3-7-26-14/h3-8H,9-11H2,1-2H3,(H,19,20). The summed E-state index contributed by atoms with van der Waals surface area (Å²) in [7, 11) is 1.29. The summed E-state index contributed by atoms with van der Waals surface area (Å²) in [5.41, 5.74) is 1.58. The number of methoxy groups -OCH3 is 1. The number of thioether (sulfide) groups is 1. The Morgan fingerprint density at radius 3 is 2.73 bits per heavy atom. The molecule has 6 nitrogen and oxygen atoms in total. The van der Waals surface area contributed by atoms with E-state index < -0.39 is 17.8 Å². The minimum atomic E-state index is -0.491. The fourth-order valence-corrected chi connectivity index (χ4v) is 3.67. The van der Waals surface area contributed by atoms with Gasteiger partial charge in [0.05, 0.1) is 18.4 Å². The molecule has 8 heteroatoms. The molecule has 1 aromatic carbocycles. The van der Waals surface area contributed by atoms with Gasteiger partial charge >= 0.3 is 11.9 Å². The summed E-state index contributed by atoms with van der Waals surface area (Å²) in [5, 5.41) is 4.62. The summed E-state index contributed by atoms with van der Waals surface area (Å²) < 4.78 is 9.63. The minimum Gasteiger partial charge on any atom is -0.465 e. The van der Waals surface area contributed by atoms with Gasteiger partial charge in [-0.25, -0.2) is 4.79 Å². The van der Waals surface area contributed by atoms with Crippen LogP contribution in [0.4, 0.5) is 5.69 Å². The van der Waals surface area contributed by atoms with Gasteiger partial charge in [0.15, 0.2) is 6.61 Å². The number of anilines is 1. The Morgan fingerprint density at radius 2 is 2.04 bits per heavy atom. The highest BCUT2D eigenvalue weighted by Gasteiger charge is 2.12. The van der Waals surface area contributed by atoms with Gasteiger partial charge in [0.2, 0.25) is 0 Å². The molecule has 26 heavy (non-hydrogen) atoms. The number of amides is 1. The zero-order chi connectivity index (χ0) is 18.9. The summed E-state index contributed by atoms with van der Waals surface area (Å²) in [5.74, 6) is -0.483. The van der Waals surface area contributed by atoms with Crippen LogP contribution < -0.4 is 5.32 Å². The van der Waals surface area contributed by atoms with Crippen molar-refractivity contribution in [3.63, 3.8) is 0 Å². The number of carbonyl (C=O) groups excluding carboxylic acids is 3. The molecule has 0 spiro atoms. The highest BCUT2D eigenvalue weighted by Crippen LogP contribution is 2.18. The first-order valence-electron chi connectivity index (χ1n) is 7.74. The first-order chi connectivity index (χ1) is 12.5. The number of thiophene rings is 1. The van der Waals surface area contributed by atoms with Gasteiger partial charge in [-0.05, 0) is 36.1 Å². The molecule has 1 amide bonds. The smallest absolute Gasteiger partial charge is 0.337 e. The predicted octanol–water partition coefficient (Wildman–Crippen LogP) is 3.26. The zero-order valence-corrected chi connectivity index (χ0v) is 16.1. The average Bonchev–Trinajstić information content (AvgIpc) is 3.14. The van der Waals surface area contributed by atoms with Crippen molar-refractivity contribution in [3.05, 3.63) is 51.7 Å². The molecule has 2 aromatic rings. The van der Waals surface area contributed by atoms with E-state index in [-0.39, 0.29) is 12.4 Å². The van der Waals surface area contributed by atoms with Crippen LogP contribution in [0.2, 0.25) is 0 Å². The Hall–Kier alpha value is -2.32. The van der Waals surface area contributed by atoms with Crippen LogP contribution in [0.1, 0.15) is 20.8 Å². The lowest BCUT2D eigenvalue weighted by Gasteiger charge is -2.10. The fourth-order valence-electron chi connectivity index (χ4n) is 2.01. The summed E-state index contributed by atoms with van der Waals surface area (Å²) in [4.78, 5) is 36.4. The number of hydrogen-bond acceptors (Lipinski definition) is 7. The van der Waals surface area contributed by atoms with Crippen LogP contribution in [-0.2, 0) is 24.8 Å². The second-order valence-corrected chi connectivity index (χ2v) is 7.32. The number of nitrogens with one attached hydrogen (secondary N) is 1. The third-order valence-electron chi connectivity index (χ3n) is 3.34. The van der Waals surface area contributed by atoms with E-state index in [0.29, 0.717) is 11.3 Å². The van der Waals surface area contributed by atoms with Crippen LogP contribution in [-0.4, -0.2) is 37.3 Å². The molecule has 0 aliphatic rings. The van der Waals surface area contributed by atoms with Gasteiger partial charge in [-0.15, -0.1) is 23.1 Å². The highest BCUT2D eigenvalue weighted by molar-refractivity contribution is 7.99. The zero-order valence-electron chi connectivity index (χ0n) is 14.4. The van der Waals surface area contributed by atoms with Crippen molar-refractivity contribution in [3.8, 4) is 0 Å².